The Morgan fingerprint density at radius 2 is 2.15 bits per heavy atom. The molecule has 0 aliphatic carbocycles. The van der Waals surface area contributed by atoms with Gasteiger partial charge in [0, 0.05) is 24.2 Å². The highest BCUT2D eigenvalue weighted by molar-refractivity contribution is 5.84. The summed E-state index contributed by atoms with van der Waals surface area (Å²) in [7, 11) is 3.56. The molecule has 0 saturated carbocycles. The summed E-state index contributed by atoms with van der Waals surface area (Å²) in [6.07, 6.45) is 0. The lowest BCUT2D eigenvalue weighted by Crippen LogP contribution is -1.86. The molecule has 0 unspecified atom stereocenters. The molecule has 0 saturated heterocycles. The lowest BCUT2D eigenvalue weighted by Gasteiger charge is -1.97. The van der Waals surface area contributed by atoms with E-state index in [1.165, 1.54) is 0 Å². The maximum atomic E-state index is 5.10. The SMILES string of the molecule is CNc1ccc2cc(OC)[nH]c2c1. The topological polar surface area (TPSA) is 37.0 Å². The zero-order valence-electron chi connectivity index (χ0n) is 7.72. The lowest BCUT2D eigenvalue weighted by molar-refractivity contribution is 0.401. The van der Waals surface area contributed by atoms with Crippen LogP contribution in [0.25, 0.3) is 10.9 Å². The van der Waals surface area contributed by atoms with E-state index in [-0.39, 0.29) is 0 Å². The Morgan fingerprint density at radius 3 is 2.85 bits per heavy atom. The summed E-state index contributed by atoms with van der Waals surface area (Å²) in [6.45, 7) is 0. The van der Waals surface area contributed by atoms with Gasteiger partial charge in [-0.1, -0.05) is 6.07 Å². The van der Waals surface area contributed by atoms with Gasteiger partial charge in [-0.2, -0.15) is 0 Å². The van der Waals surface area contributed by atoms with Crippen molar-refractivity contribution >= 4 is 16.6 Å². The van der Waals surface area contributed by atoms with Crippen LogP contribution in [0.5, 0.6) is 5.88 Å². The van der Waals surface area contributed by atoms with Gasteiger partial charge in [-0.3, -0.25) is 0 Å². The number of methoxy groups -OCH3 is 1. The second kappa shape index (κ2) is 3.01. The standard InChI is InChI=1S/C10H12N2O/c1-11-8-4-3-7-5-10(13-2)12-9(7)6-8/h3-6,11-12H,1-2H3. The van der Waals surface area contributed by atoms with Gasteiger partial charge in [-0.05, 0) is 12.1 Å². The normalized spacial score (nSPS) is 10.3. The number of aromatic nitrogens is 1. The quantitative estimate of drug-likeness (QED) is 0.736. The predicted molar refractivity (Wildman–Crippen MR) is 54.4 cm³/mol. The second-order valence-electron chi connectivity index (χ2n) is 2.89. The van der Waals surface area contributed by atoms with E-state index in [0.29, 0.717) is 0 Å². The molecule has 13 heavy (non-hydrogen) atoms. The van der Waals surface area contributed by atoms with Crippen LogP contribution < -0.4 is 10.1 Å². The molecule has 0 atom stereocenters. The number of H-pyrrole nitrogens is 1. The van der Waals surface area contributed by atoms with Gasteiger partial charge in [0.05, 0.1) is 12.6 Å². The summed E-state index contributed by atoms with van der Waals surface area (Å²) in [5, 5.41) is 4.25. The first kappa shape index (κ1) is 7.98. The molecule has 0 spiro atoms. The van der Waals surface area contributed by atoms with Gasteiger partial charge in [0.2, 0.25) is 0 Å². The first-order chi connectivity index (χ1) is 6.33. The van der Waals surface area contributed by atoms with Gasteiger partial charge in [0.1, 0.15) is 0 Å². The number of hydrogen-bond acceptors (Lipinski definition) is 2. The molecule has 1 heterocycles. The lowest BCUT2D eigenvalue weighted by atomic mass is 10.2. The largest absolute Gasteiger partial charge is 0.482 e. The highest BCUT2D eigenvalue weighted by atomic mass is 16.5. The number of hydrogen-bond donors (Lipinski definition) is 2. The third-order valence-electron chi connectivity index (χ3n) is 2.11. The Labute approximate surface area is 76.7 Å². The first-order valence-corrected chi connectivity index (χ1v) is 4.18. The summed E-state index contributed by atoms with van der Waals surface area (Å²) in [5.74, 6) is 0.795. The number of benzene rings is 1. The molecule has 0 amide bonds. The molecule has 2 rings (SSSR count). The third-order valence-corrected chi connectivity index (χ3v) is 2.11. The molecule has 0 aliphatic heterocycles. The Bertz CT molecular complexity index is 418. The fraction of sp³-hybridized carbons (Fsp3) is 0.200. The van der Waals surface area contributed by atoms with Crippen molar-refractivity contribution in [3.05, 3.63) is 24.3 Å². The number of aromatic amines is 1. The van der Waals surface area contributed by atoms with Crippen molar-refractivity contribution in [3.63, 3.8) is 0 Å². The number of nitrogens with one attached hydrogen (secondary N) is 2. The molecule has 1 aromatic heterocycles. The molecule has 0 radical (unpaired) electrons. The Morgan fingerprint density at radius 1 is 1.31 bits per heavy atom. The van der Waals surface area contributed by atoms with E-state index in [0.717, 1.165) is 22.5 Å². The fourth-order valence-electron chi connectivity index (χ4n) is 1.37. The Hall–Kier alpha value is -1.64. The maximum absolute atomic E-state index is 5.10. The van der Waals surface area contributed by atoms with Gasteiger partial charge >= 0.3 is 0 Å². The maximum Gasteiger partial charge on any atom is 0.191 e. The van der Waals surface area contributed by atoms with Gasteiger partial charge in [-0.15, -0.1) is 0 Å². The average Bonchev–Trinajstić information content (AvgIpc) is 2.58. The van der Waals surface area contributed by atoms with Crippen molar-refractivity contribution in [2.75, 3.05) is 19.5 Å². The second-order valence-corrected chi connectivity index (χ2v) is 2.89. The summed E-state index contributed by atoms with van der Waals surface area (Å²) >= 11 is 0. The Kier molecular flexibility index (Phi) is 1.85. The van der Waals surface area contributed by atoms with Crippen molar-refractivity contribution in [2.45, 2.75) is 0 Å². The van der Waals surface area contributed by atoms with Crippen LogP contribution in [0.1, 0.15) is 0 Å². The van der Waals surface area contributed by atoms with E-state index >= 15 is 0 Å². The molecule has 2 aromatic rings. The van der Waals surface area contributed by atoms with E-state index < -0.39 is 0 Å². The molecular weight excluding hydrogens is 164 g/mol. The zero-order chi connectivity index (χ0) is 9.26. The van der Waals surface area contributed by atoms with Crippen molar-refractivity contribution in [1.82, 2.24) is 4.98 Å². The van der Waals surface area contributed by atoms with E-state index in [1.807, 2.05) is 19.2 Å². The molecule has 0 aliphatic rings. The highest BCUT2D eigenvalue weighted by Crippen LogP contribution is 2.22. The Balaban J connectivity index is 2.57. The summed E-state index contributed by atoms with van der Waals surface area (Å²) in [6, 6.07) is 8.13. The molecule has 2 N–H and O–H groups in total. The zero-order valence-corrected chi connectivity index (χ0v) is 7.72. The molecule has 0 bridgehead atoms. The minimum absolute atomic E-state index is 0.795. The minimum atomic E-state index is 0.795. The van der Waals surface area contributed by atoms with E-state index in [9.17, 15) is 0 Å². The van der Waals surface area contributed by atoms with Crippen LogP contribution in [-0.2, 0) is 0 Å². The van der Waals surface area contributed by atoms with E-state index in [4.69, 9.17) is 4.74 Å². The number of anilines is 1. The van der Waals surface area contributed by atoms with E-state index in [1.54, 1.807) is 7.11 Å². The van der Waals surface area contributed by atoms with Crippen LogP contribution in [0, 0.1) is 0 Å². The van der Waals surface area contributed by atoms with Crippen LogP contribution in [0.15, 0.2) is 24.3 Å². The molecular formula is C10H12N2O. The van der Waals surface area contributed by atoms with Crippen LogP contribution in [-0.4, -0.2) is 19.1 Å². The smallest absolute Gasteiger partial charge is 0.191 e. The summed E-state index contributed by atoms with van der Waals surface area (Å²) < 4.78 is 5.10. The van der Waals surface area contributed by atoms with Crippen LogP contribution >= 0.6 is 0 Å². The molecule has 3 heteroatoms. The summed E-state index contributed by atoms with van der Waals surface area (Å²) in [4.78, 5) is 3.16. The number of ether oxygens (including phenoxy) is 1. The van der Waals surface area contributed by atoms with Crippen molar-refractivity contribution < 1.29 is 4.74 Å². The number of rotatable bonds is 2. The van der Waals surface area contributed by atoms with Gasteiger partial charge in [-0.25, -0.2) is 0 Å². The molecule has 0 fully saturated rings. The predicted octanol–water partition coefficient (Wildman–Crippen LogP) is 2.22. The number of fused-ring (bicyclic) bond motifs is 1. The third kappa shape index (κ3) is 1.33. The minimum Gasteiger partial charge on any atom is -0.482 e. The van der Waals surface area contributed by atoms with Gasteiger partial charge in [0.25, 0.3) is 0 Å². The van der Waals surface area contributed by atoms with Crippen LogP contribution in [0.2, 0.25) is 0 Å². The van der Waals surface area contributed by atoms with Crippen molar-refractivity contribution in [2.24, 2.45) is 0 Å². The first-order valence-electron chi connectivity index (χ1n) is 4.18. The summed E-state index contributed by atoms with van der Waals surface area (Å²) in [5.41, 5.74) is 2.18. The molecule has 68 valence electrons. The van der Waals surface area contributed by atoms with Crippen molar-refractivity contribution in [1.29, 1.82) is 0 Å². The van der Waals surface area contributed by atoms with Crippen LogP contribution in [0.4, 0.5) is 5.69 Å². The van der Waals surface area contributed by atoms with Gasteiger partial charge in [0.15, 0.2) is 5.88 Å². The van der Waals surface area contributed by atoms with E-state index in [2.05, 4.69) is 22.4 Å². The molecule has 3 nitrogen and oxygen atoms in total. The average molecular weight is 176 g/mol. The van der Waals surface area contributed by atoms with Crippen molar-refractivity contribution in [3.8, 4) is 5.88 Å². The monoisotopic (exact) mass is 176 g/mol. The van der Waals surface area contributed by atoms with Crippen LogP contribution in [0.3, 0.4) is 0 Å². The fourth-order valence-corrected chi connectivity index (χ4v) is 1.37. The highest BCUT2D eigenvalue weighted by Gasteiger charge is 2.00. The molecule has 1 aromatic carbocycles. The van der Waals surface area contributed by atoms with Gasteiger partial charge < -0.3 is 15.0 Å².